The summed E-state index contributed by atoms with van der Waals surface area (Å²) in [6.45, 7) is 0. The summed E-state index contributed by atoms with van der Waals surface area (Å²) >= 11 is 5.86. The topological polar surface area (TPSA) is 59.4 Å². The molecule has 0 fully saturated rings. The maximum Gasteiger partial charge on any atom is 0.347 e. The standard InChI is InChI=1S/C18H12ClNO3/c19-13-7-8-16(21)15(10-13)18(22)23-17-6-2-1-5-14(17)12-4-3-9-20-11-12/h1-11,21H. The number of esters is 1. The van der Waals surface area contributed by atoms with E-state index in [1.54, 1.807) is 30.6 Å². The zero-order chi connectivity index (χ0) is 16.2. The number of rotatable bonds is 3. The van der Waals surface area contributed by atoms with Crippen molar-refractivity contribution in [3.05, 3.63) is 77.6 Å². The lowest BCUT2D eigenvalue weighted by Crippen LogP contribution is -2.09. The van der Waals surface area contributed by atoms with Gasteiger partial charge in [0.2, 0.25) is 0 Å². The first-order valence-corrected chi connectivity index (χ1v) is 7.23. The third kappa shape index (κ3) is 3.33. The number of ether oxygens (including phenoxy) is 1. The first-order chi connectivity index (χ1) is 11.1. The zero-order valence-corrected chi connectivity index (χ0v) is 12.7. The van der Waals surface area contributed by atoms with Gasteiger partial charge in [-0.2, -0.15) is 0 Å². The fraction of sp³-hybridized carbons (Fsp3) is 0. The van der Waals surface area contributed by atoms with E-state index in [0.717, 1.165) is 11.1 Å². The monoisotopic (exact) mass is 325 g/mol. The molecule has 0 saturated heterocycles. The molecule has 0 aliphatic heterocycles. The number of phenolic OH excluding ortho intramolecular Hbond substituents is 1. The Hall–Kier alpha value is -2.85. The SMILES string of the molecule is O=C(Oc1ccccc1-c1cccnc1)c1cc(Cl)ccc1O. The summed E-state index contributed by atoms with van der Waals surface area (Å²) < 4.78 is 5.44. The maximum absolute atomic E-state index is 12.3. The molecule has 0 aliphatic rings. The molecule has 0 aliphatic carbocycles. The number of hydrogen-bond donors (Lipinski definition) is 1. The van der Waals surface area contributed by atoms with E-state index < -0.39 is 5.97 Å². The van der Waals surface area contributed by atoms with Crippen molar-refractivity contribution < 1.29 is 14.6 Å². The van der Waals surface area contributed by atoms with Crippen molar-refractivity contribution in [2.75, 3.05) is 0 Å². The zero-order valence-electron chi connectivity index (χ0n) is 11.9. The van der Waals surface area contributed by atoms with Gasteiger partial charge in [0.15, 0.2) is 0 Å². The average Bonchev–Trinajstić information content (AvgIpc) is 2.58. The summed E-state index contributed by atoms with van der Waals surface area (Å²) in [5.74, 6) is -0.482. The summed E-state index contributed by atoms with van der Waals surface area (Å²) in [5, 5.41) is 10.1. The van der Waals surface area contributed by atoms with Crippen molar-refractivity contribution in [3.63, 3.8) is 0 Å². The molecular weight excluding hydrogens is 314 g/mol. The van der Waals surface area contributed by atoms with E-state index in [1.165, 1.54) is 18.2 Å². The molecular formula is C18H12ClNO3. The minimum absolute atomic E-state index is 0.0125. The fourth-order valence-electron chi connectivity index (χ4n) is 2.14. The third-order valence-corrected chi connectivity index (χ3v) is 3.48. The summed E-state index contributed by atoms with van der Waals surface area (Å²) in [7, 11) is 0. The molecule has 0 spiro atoms. The summed E-state index contributed by atoms with van der Waals surface area (Å²) in [5.41, 5.74) is 1.57. The number of aromatic hydroxyl groups is 1. The first-order valence-electron chi connectivity index (χ1n) is 6.85. The highest BCUT2D eigenvalue weighted by Crippen LogP contribution is 2.31. The molecule has 2 aromatic carbocycles. The van der Waals surface area contributed by atoms with Gasteiger partial charge in [-0.05, 0) is 30.3 Å². The van der Waals surface area contributed by atoms with Crippen LogP contribution in [0.2, 0.25) is 5.02 Å². The van der Waals surface area contributed by atoms with Gasteiger partial charge in [0, 0.05) is 28.5 Å². The Morgan fingerprint density at radius 1 is 1.09 bits per heavy atom. The van der Waals surface area contributed by atoms with E-state index in [-0.39, 0.29) is 11.3 Å². The highest BCUT2D eigenvalue weighted by molar-refractivity contribution is 6.31. The Balaban J connectivity index is 1.95. The Labute approximate surface area is 138 Å². The van der Waals surface area contributed by atoms with Crippen molar-refractivity contribution in [1.29, 1.82) is 0 Å². The van der Waals surface area contributed by atoms with Gasteiger partial charge in [0.25, 0.3) is 0 Å². The number of halogens is 1. The van der Waals surface area contributed by atoms with Crippen LogP contribution in [0.1, 0.15) is 10.4 Å². The van der Waals surface area contributed by atoms with Crippen molar-refractivity contribution in [2.24, 2.45) is 0 Å². The van der Waals surface area contributed by atoms with Crippen molar-refractivity contribution >= 4 is 17.6 Å². The number of pyridine rings is 1. The van der Waals surface area contributed by atoms with Crippen molar-refractivity contribution in [1.82, 2.24) is 4.98 Å². The predicted molar refractivity (Wildman–Crippen MR) is 87.7 cm³/mol. The van der Waals surface area contributed by atoms with E-state index in [4.69, 9.17) is 16.3 Å². The van der Waals surface area contributed by atoms with Gasteiger partial charge in [-0.1, -0.05) is 35.9 Å². The van der Waals surface area contributed by atoms with Gasteiger partial charge in [0.05, 0.1) is 0 Å². The number of phenols is 1. The van der Waals surface area contributed by atoms with E-state index in [1.807, 2.05) is 18.2 Å². The van der Waals surface area contributed by atoms with Gasteiger partial charge in [-0.25, -0.2) is 4.79 Å². The Morgan fingerprint density at radius 2 is 1.91 bits per heavy atom. The Bertz CT molecular complexity index is 850. The molecule has 5 heteroatoms. The van der Waals surface area contributed by atoms with E-state index in [2.05, 4.69) is 4.98 Å². The minimum Gasteiger partial charge on any atom is -0.507 e. The molecule has 1 N–H and O–H groups in total. The lowest BCUT2D eigenvalue weighted by Gasteiger charge is -2.10. The van der Waals surface area contributed by atoms with Crippen molar-refractivity contribution in [3.8, 4) is 22.6 Å². The summed E-state index contributed by atoms with van der Waals surface area (Å²) in [4.78, 5) is 16.4. The molecule has 3 rings (SSSR count). The molecule has 114 valence electrons. The number of para-hydroxylation sites is 1. The van der Waals surface area contributed by atoms with Crippen LogP contribution < -0.4 is 4.74 Å². The molecule has 3 aromatic rings. The first kappa shape index (κ1) is 15.1. The van der Waals surface area contributed by atoms with Crippen LogP contribution >= 0.6 is 11.6 Å². The highest BCUT2D eigenvalue weighted by atomic mass is 35.5. The molecule has 0 unspecified atom stereocenters. The number of carbonyl (C=O) groups is 1. The molecule has 4 nitrogen and oxygen atoms in total. The maximum atomic E-state index is 12.3. The largest absolute Gasteiger partial charge is 0.507 e. The van der Waals surface area contributed by atoms with Crippen molar-refractivity contribution in [2.45, 2.75) is 0 Å². The molecule has 0 amide bonds. The average molecular weight is 326 g/mol. The van der Waals surface area contributed by atoms with Crippen LogP contribution in [-0.4, -0.2) is 16.1 Å². The van der Waals surface area contributed by atoms with Gasteiger partial charge in [-0.3, -0.25) is 4.98 Å². The van der Waals surface area contributed by atoms with Crippen LogP contribution in [0.3, 0.4) is 0 Å². The second-order valence-electron chi connectivity index (χ2n) is 4.79. The van der Waals surface area contributed by atoms with E-state index in [0.29, 0.717) is 10.8 Å². The van der Waals surface area contributed by atoms with E-state index >= 15 is 0 Å². The second-order valence-corrected chi connectivity index (χ2v) is 5.23. The molecule has 23 heavy (non-hydrogen) atoms. The lowest BCUT2D eigenvalue weighted by atomic mass is 10.1. The Morgan fingerprint density at radius 3 is 2.70 bits per heavy atom. The molecule has 1 heterocycles. The highest BCUT2D eigenvalue weighted by Gasteiger charge is 2.16. The van der Waals surface area contributed by atoms with Crippen LogP contribution in [0.15, 0.2) is 67.0 Å². The smallest absolute Gasteiger partial charge is 0.347 e. The van der Waals surface area contributed by atoms with Gasteiger partial charge >= 0.3 is 5.97 Å². The number of benzene rings is 2. The van der Waals surface area contributed by atoms with Crippen LogP contribution in [0.5, 0.6) is 11.5 Å². The minimum atomic E-state index is -0.679. The summed E-state index contributed by atoms with van der Waals surface area (Å²) in [6.07, 6.45) is 3.35. The fourth-order valence-corrected chi connectivity index (χ4v) is 2.31. The van der Waals surface area contributed by atoms with Crippen LogP contribution in [0.25, 0.3) is 11.1 Å². The third-order valence-electron chi connectivity index (χ3n) is 3.24. The second kappa shape index (κ2) is 6.50. The molecule has 0 saturated carbocycles. The molecule has 0 atom stereocenters. The van der Waals surface area contributed by atoms with Gasteiger partial charge in [0.1, 0.15) is 17.1 Å². The lowest BCUT2D eigenvalue weighted by molar-refractivity contribution is 0.0732. The molecule has 0 radical (unpaired) electrons. The predicted octanol–water partition coefficient (Wildman–Crippen LogP) is 4.33. The number of aromatic nitrogens is 1. The summed E-state index contributed by atoms with van der Waals surface area (Å²) in [6, 6.07) is 15.0. The number of carbonyl (C=O) groups excluding carboxylic acids is 1. The Kier molecular flexibility index (Phi) is 4.26. The number of hydrogen-bond acceptors (Lipinski definition) is 4. The van der Waals surface area contributed by atoms with Crippen LogP contribution in [-0.2, 0) is 0 Å². The van der Waals surface area contributed by atoms with Crippen LogP contribution in [0, 0.1) is 0 Å². The van der Waals surface area contributed by atoms with E-state index in [9.17, 15) is 9.90 Å². The van der Waals surface area contributed by atoms with Crippen LogP contribution in [0.4, 0.5) is 0 Å². The van der Waals surface area contributed by atoms with Gasteiger partial charge in [-0.15, -0.1) is 0 Å². The number of nitrogens with zero attached hydrogens (tertiary/aromatic N) is 1. The van der Waals surface area contributed by atoms with Gasteiger partial charge < -0.3 is 9.84 Å². The molecule has 0 bridgehead atoms. The normalized spacial score (nSPS) is 10.3. The quantitative estimate of drug-likeness (QED) is 0.575. The molecule has 1 aromatic heterocycles.